The monoisotopic (exact) mass is 202 g/mol. The van der Waals surface area contributed by atoms with E-state index in [-0.39, 0.29) is 0 Å². The zero-order valence-corrected chi connectivity index (χ0v) is 9.33. The Balaban J connectivity index is 2.06. The second kappa shape index (κ2) is 4.61. The third-order valence-electron chi connectivity index (χ3n) is 3.40. The maximum atomic E-state index is 11.1. The molecule has 1 aromatic rings. The molecule has 80 valence electrons. The van der Waals surface area contributed by atoms with Gasteiger partial charge in [-0.25, -0.2) is 0 Å². The Bertz CT molecular complexity index is 327. The molecule has 1 aliphatic rings. The molecule has 1 aliphatic carbocycles. The van der Waals surface area contributed by atoms with E-state index in [0.717, 1.165) is 32.1 Å². The van der Waals surface area contributed by atoms with E-state index in [4.69, 9.17) is 0 Å². The van der Waals surface area contributed by atoms with Gasteiger partial charge in [-0.2, -0.15) is 0 Å². The molecule has 0 heterocycles. The molecule has 1 aromatic carbocycles. The molecular formula is C14H18O. The normalized spacial score (nSPS) is 18.1. The molecule has 1 nitrogen and oxygen atoms in total. The van der Waals surface area contributed by atoms with E-state index >= 15 is 0 Å². The van der Waals surface area contributed by atoms with Crippen LogP contribution in [0.2, 0.25) is 0 Å². The molecular weight excluding hydrogens is 184 g/mol. The van der Waals surface area contributed by atoms with Crippen molar-refractivity contribution in [3.8, 4) is 0 Å². The Labute approximate surface area is 91.5 Å². The highest BCUT2D eigenvalue weighted by Crippen LogP contribution is 2.31. The zero-order chi connectivity index (χ0) is 10.7. The molecule has 0 atom stereocenters. The number of aryl methyl sites for hydroxylation is 1. The van der Waals surface area contributed by atoms with Gasteiger partial charge in [0.25, 0.3) is 0 Å². The van der Waals surface area contributed by atoms with Gasteiger partial charge >= 0.3 is 0 Å². The zero-order valence-electron chi connectivity index (χ0n) is 9.33. The van der Waals surface area contributed by atoms with Crippen molar-refractivity contribution in [1.29, 1.82) is 0 Å². The number of Topliss-reactive ketones (excluding diaryl/α,β-unsaturated/α-hetero) is 1. The highest BCUT2D eigenvalue weighted by Gasteiger charge is 2.19. The van der Waals surface area contributed by atoms with Gasteiger partial charge in [0, 0.05) is 12.8 Å². The molecule has 1 saturated carbocycles. The molecule has 1 heteroatoms. The first-order valence-corrected chi connectivity index (χ1v) is 5.90. The molecule has 0 unspecified atom stereocenters. The first kappa shape index (κ1) is 10.4. The predicted molar refractivity (Wildman–Crippen MR) is 62.0 cm³/mol. The van der Waals surface area contributed by atoms with Gasteiger partial charge in [-0.1, -0.05) is 31.2 Å². The minimum Gasteiger partial charge on any atom is -0.300 e. The van der Waals surface area contributed by atoms with E-state index in [1.165, 1.54) is 11.1 Å². The summed E-state index contributed by atoms with van der Waals surface area (Å²) in [5, 5.41) is 0. The molecule has 0 radical (unpaired) electrons. The van der Waals surface area contributed by atoms with Crippen molar-refractivity contribution < 1.29 is 4.79 Å². The number of ketones is 1. The lowest BCUT2D eigenvalue weighted by molar-refractivity contribution is -0.120. The van der Waals surface area contributed by atoms with Gasteiger partial charge in [0.2, 0.25) is 0 Å². The van der Waals surface area contributed by atoms with Crippen LogP contribution in [0.15, 0.2) is 24.3 Å². The Morgan fingerprint density at radius 3 is 2.27 bits per heavy atom. The lowest BCUT2D eigenvalue weighted by Crippen LogP contribution is -2.12. The molecule has 0 saturated heterocycles. The number of rotatable bonds is 2. The van der Waals surface area contributed by atoms with Gasteiger partial charge in [0.05, 0.1) is 0 Å². The van der Waals surface area contributed by atoms with Gasteiger partial charge in [0.15, 0.2) is 0 Å². The molecule has 0 amide bonds. The molecule has 2 rings (SSSR count). The van der Waals surface area contributed by atoms with Crippen LogP contribution in [0, 0.1) is 0 Å². The fourth-order valence-electron chi connectivity index (χ4n) is 2.30. The summed E-state index contributed by atoms with van der Waals surface area (Å²) < 4.78 is 0. The summed E-state index contributed by atoms with van der Waals surface area (Å²) in [5.41, 5.74) is 2.81. The van der Waals surface area contributed by atoms with Crippen LogP contribution >= 0.6 is 0 Å². The SMILES string of the molecule is CCc1ccc(C2CCC(=O)CC2)cc1. The first-order chi connectivity index (χ1) is 7.29. The third kappa shape index (κ3) is 2.47. The minimum atomic E-state index is 0.441. The summed E-state index contributed by atoms with van der Waals surface area (Å²) in [6.07, 6.45) is 4.75. The van der Waals surface area contributed by atoms with Gasteiger partial charge in [-0.3, -0.25) is 4.79 Å². The molecule has 15 heavy (non-hydrogen) atoms. The number of hydrogen-bond donors (Lipinski definition) is 0. The second-order valence-electron chi connectivity index (χ2n) is 4.41. The summed E-state index contributed by atoms with van der Waals surface area (Å²) in [4.78, 5) is 11.1. The maximum absolute atomic E-state index is 11.1. The molecule has 0 bridgehead atoms. The van der Waals surface area contributed by atoms with Crippen LogP contribution < -0.4 is 0 Å². The second-order valence-corrected chi connectivity index (χ2v) is 4.41. The lowest BCUT2D eigenvalue weighted by Gasteiger charge is -2.21. The van der Waals surface area contributed by atoms with Crippen LogP contribution in [0.25, 0.3) is 0 Å². The number of carbonyl (C=O) groups is 1. The summed E-state index contributed by atoms with van der Waals surface area (Å²) in [6, 6.07) is 8.90. The Morgan fingerprint density at radius 2 is 1.73 bits per heavy atom. The lowest BCUT2D eigenvalue weighted by atomic mass is 9.83. The number of carbonyl (C=O) groups excluding carboxylic acids is 1. The van der Waals surface area contributed by atoms with Crippen molar-refractivity contribution in [3.63, 3.8) is 0 Å². The third-order valence-corrected chi connectivity index (χ3v) is 3.40. The van der Waals surface area contributed by atoms with Crippen molar-refractivity contribution in [2.45, 2.75) is 44.9 Å². The Morgan fingerprint density at radius 1 is 1.13 bits per heavy atom. The summed E-state index contributed by atoms with van der Waals surface area (Å²) in [7, 11) is 0. The minimum absolute atomic E-state index is 0.441. The fraction of sp³-hybridized carbons (Fsp3) is 0.500. The molecule has 0 N–H and O–H groups in total. The average molecular weight is 202 g/mol. The standard InChI is InChI=1S/C14H18O/c1-2-11-3-5-12(6-4-11)13-7-9-14(15)10-8-13/h3-6,13H,2,7-10H2,1H3. The van der Waals surface area contributed by atoms with E-state index in [2.05, 4.69) is 31.2 Å². The van der Waals surface area contributed by atoms with Crippen LogP contribution in [0.3, 0.4) is 0 Å². The van der Waals surface area contributed by atoms with Crippen LogP contribution in [0.1, 0.15) is 49.7 Å². The van der Waals surface area contributed by atoms with E-state index in [9.17, 15) is 4.79 Å². The van der Waals surface area contributed by atoms with Crippen LogP contribution in [0.4, 0.5) is 0 Å². The van der Waals surface area contributed by atoms with Gasteiger partial charge in [-0.05, 0) is 36.3 Å². The fourth-order valence-corrected chi connectivity index (χ4v) is 2.30. The topological polar surface area (TPSA) is 17.1 Å². The van der Waals surface area contributed by atoms with Gasteiger partial charge in [0.1, 0.15) is 5.78 Å². The number of hydrogen-bond acceptors (Lipinski definition) is 1. The van der Waals surface area contributed by atoms with E-state index in [1.54, 1.807) is 0 Å². The van der Waals surface area contributed by atoms with E-state index in [0.29, 0.717) is 11.7 Å². The molecule has 0 spiro atoms. The van der Waals surface area contributed by atoms with Gasteiger partial charge in [-0.15, -0.1) is 0 Å². The summed E-state index contributed by atoms with van der Waals surface area (Å²) in [5.74, 6) is 1.06. The largest absolute Gasteiger partial charge is 0.300 e. The van der Waals surface area contributed by atoms with Crippen LogP contribution in [-0.2, 0) is 11.2 Å². The Hall–Kier alpha value is -1.11. The van der Waals surface area contributed by atoms with Crippen LogP contribution in [-0.4, -0.2) is 5.78 Å². The molecule has 0 aromatic heterocycles. The molecule has 1 fully saturated rings. The predicted octanol–water partition coefficient (Wildman–Crippen LogP) is 3.48. The Kier molecular flexibility index (Phi) is 3.20. The quantitative estimate of drug-likeness (QED) is 0.717. The highest BCUT2D eigenvalue weighted by molar-refractivity contribution is 5.79. The number of benzene rings is 1. The van der Waals surface area contributed by atoms with Crippen molar-refractivity contribution in [2.75, 3.05) is 0 Å². The smallest absolute Gasteiger partial charge is 0.132 e. The van der Waals surface area contributed by atoms with E-state index < -0.39 is 0 Å². The van der Waals surface area contributed by atoms with Crippen molar-refractivity contribution in [2.24, 2.45) is 0 Å². The van der Waals surface area contributed by atoms with Crippen molar-refractivity contribution in [3.05, 3.63) is 35.4 Å². The average Bonchev–Trinajstić information content (AvgIpc) is 2.30. The highest BCUT2D eigenvalue weighted by atomic mass is 16.1. The molecule has 0 aliphatic heterocycles. The maximum Gasteiger partial charge on any atom is 0.132 e. The summed E-state index contributed by atoms with van der Waals surface area (Å²) >= 11 is 0. The van der Waals surface area contributed by atoms with E-state index in [1.807, 2.05) is 0 Å². The van der Waals surface area contributed by atoms with Crippen LogP contribution in [0.5, 0.6) is 0 Å². The van der Waals surface area contributed by atoms with Crippen molar-refractivity contribution >= 4 is 5.78 Å². The van der Waals surface area contributed by atoms with Crippen molar-refractivity contribution in [1.82, 2.24) is 0 Å². The summed E-state index contributed by atoms with van der Waals surface area (Å²) in [6.45, 7) is 2.17. The van der Waals surface area contributed by atoms with Gasteiger partial charge < -0.3 is 0 Å². The first-order valence-electron chi connectivity index (χ1n) is 5.90.